The zero-order chi connectivity index (χ0) is 10.7. The van der Waals surface area contributed by atoms with Gasteiger partial charge in [0.05, 0.1) is 19.8 Å². The van der Waals surface area contributed by atoms with Gasteiger partial charge in [-0.1, -0.05) is 0 Å². The van der Waals surface area contributed by atoms with Crippen molar-refractivity contribution in [3.05, 3.63) is 0 Å². The minimum Gasteiger partial charge on any atom is -0.384 e. The maximum Gasteiger partial charge on any atom is 0.138 e. The number of nitrogens with one attached hydrogen (secondary N) is 1. The number of hydrogen-bond donors (Lipinski definition) is 1. The first-order valence-electron chi connectivity index (χ1n) is 5.65. The number of rotatable bonds is 4. The van der Waals surface area contributed by atoms with Crippen molar-refractivity contribution >= 4 is 5.78 Å². The Hall–Kier alpha value is -0.450. The molecular formula is C11H19NO3. The Morgan fingerprint density at radius 1 is 1.40 bits per heavy atom. The number of methoxy groups -OCH3 is 1. The number of fused-ring (bicyclic) bond motifs is 2. The summed E-state index contributed by atoms with van der Waals surface area (Å²) in [6, 6.07) is 0.767. The Kier molecular flexibility index (Phi) is 3.72. The second-order valence-corrected chi connectivity index (χ2v) is 4.48. The van der Waals surface area contributed by atoms with Gasteiger partial charge >= 0.3 is 0 Å². The third-order valence-electron chi connectivity index (χ3n) is 3.26. The highest BCUT2D eigenvalue weighted by atomic mass is 16.5. The van der Waals surface area contributed by atoms with Gasteiger partial charge in [-0.3, -0.25) is 4.79 Å². The van der Waals surface area contributed by atoms with E-state index in [2.05, 4.69) is 5.32 Å². The van der Waals surface area contributed by atoms with Crippen molar-refractivity contribution in [3.8, 4) is 0 Å². The average Bonchev–Trinajstić information content (AvgIpc) is 2.25. The average molecular weight is 213 g/mol. The second kappa shape index (κ2) is 5.05. The number of ketones is 1. The van der Waals surface area contributed by atoms with Crippen molar-refractivity contribution in [2.75, 3.05) is 26.9 Å². The molecule has 0 aromatic heterocycles. The first-order chi connectivity index (χ1) is 7.29. The van der Waals surface area contributed by atoms with Crippen LogP contribution in [0.3, 0.4) is 0 Å². The molecule has 0 spiro atoms. The summed E-state index contributed by atoms with van der Waals surface area (Å²) in [7, 11) is 1.64. The number of Topliss-reactive ketones (excluding diaryl/α,β-unsaturated/α-hetero) is 1. The Morgan fingerprint density at radius 2 is 2.07 bits per heavy atom. The first-order valence-corrected chi connectivity index (χ1v) is 5.65. The van der Waals surface area contributed by atoms with Crippen molar-refractivity contribution in [1.82, 2.24) is 5.32 Å². The molecule has 2 aliphatic rings. The van der Waals surface area contributed by atoms with Crippen LogP contribution in [0, 0.1) is 5.92 Å². The van der Waals surface area contributed by atoms with Gasteiger partial charge in [0.2, 0.25) is 0 Å². The van der Waals surface area contributed by atoms with Gasteiger partial charge in [-0.05, 0) is 12.8 Å². The fourth-order valence-electron chi connectivity index (χ4n) is 2.51. The molecule has 0 saturated carbocycles. The molecule has 2 saturated heterocycles. The predicted molar refractivity (Wildman–Crippen MR) is 55.8 cm³/mol. The van der Waals surface area contributed by atoms with Crippen LogP contribution in [0.1, 0.15) is 19.3 Å². The van der Waals surface area contributed by atoms with E-state index in [1.165, 1.54) is 0 Å². The van der Waals surface area contributed by atoms with E-state index in [4.69, 9.17) is 9.47 Å². The molecule has 2 heterocycles. The summed E-state index contributed by atoms with van der Waals surface area (Å²) in [5.74, 6) is 0.579. The lowest BCUT2D eigenvalue weighted by Crippen LogP contribution is -2.55. The van der Waals surface area contributed by atoms with Gasteiger partial charge in [0, 0.05) is 31.5 Å². The zero-order valence-corrected chi connectivity index (χ0v) is 9.20. The smallest absolute Gasteiger partial charge is 0.138 e. The molecule has 0 aromatic carbocycles. The molecule has 2 fully saturated rings. The Labute approximate surface area is 90.3 Å². The minimum absolute atomic E-state index is 0.222. The van der Waals surface area contributed by atoms with Crippen LogP contribution in [0.15, 0.2) is 0 Å². The highest BCUT2D eigenvalue weighted by molar-refractivity contribution is 5.81. The van der Waals surface area contributed by atoms with Crippen molar-refractivity contribution < 1.29 is 14.3 Å². The summed E-state index contributed by atoms with van der Waals surface area (Å²) in [6.45, 7) is 2.06. The van der Waals surface area contributed by atoms with Crippen molar-refractivity contribution in [3.63, 3.8) is 0 Å². The normalized spacial score (nSPS) is 35.1. The van der Waals surface area contributed by atoms with Crippen molar-refractivity contribution in [2.45, 2.75) is 31.3 Å². The third-order valence-corrected chi connectivity index (χ3v) is 3.26. The molecule has 86 valence electrons. The lowest BCUT2D eigenvalue weighted by molar-refractivity contribution is -0.126. The summed E-state index contributed by atoms with van der Waals surface area (Å²) in [6.07, 6.45) is 2.42. The highest BCUT2D eigenvalue weighted by Crippen LogP contribution is 2.25. The lowest BCUT2D eigenvalue weighted by Gasteiger charge is -2.39. The van der Waals surface area contributed by atoms with E-state index in [-0.39, 0.29) is 5.92 Å². The maximum absolute atomic E-state index is 11.8. The van der Waals surface area contributed by atoms with E-state index in [1.54, 1.807) is 7.11 Å². The molecule has 0 aliphatic carbocycles. The Morgan fingerprint density at radius 3 is 2.67 bits per heavy atom. The topological polar surface area (TPSA) is 47.6 Å². The number of ether oxygens (including phenoxy) is 2. The van der Waals surface area contributed by atoms with Gasteiger partial charge < -0.3 is 14.8 Å². The van der Waals surface area contributed by atoms with E-state index in [9.17, 15) is 4.79 Å². The molecule has 4 nitrogen and oxygen atoms in total. The third kappa shape index (κ3) is 2.77. The maximum atomic E-state index is 11.8. The van der Waals surface area contributed by atoms with E-state index >= 15 is 0 Å². The summed E-state index contributed by atoms with van der Waals surface area (Å²) in [5.41, 5.74) is 0. The van der Waals surface area contributed by atoms with Crippen molar-refractivity contribution in [2.24, 2.45) is 5.92 Å². The van der Waals surface area contributed by atoms with Gasteiger partial charge in [0.1, 0.15) is 5.78 Å². The summed E-state index contributed by atoms with van der Waals surface area (Å²) >= 11 is 0. The minimum atomic E-state index is 0.222. The Balaban J connectivity index is 1.85. The molecule has 0 aromatic rings. The largest absolute Gasteiger partial charge is 0.384 e. The van der Waals surface area contributed by atoms with E-state index in [0.29, 0.717) is 30.9 Å². The monoisotopic (exact) mass is 213 g/mol. The van der Waals surface area contributed by atoms with Gasteiger partial charge in [-0.25, -0.2) is 0 Å². The fraction of sp³-hybridized carbons (Fsp3) is 0.909. The molecular weight excluding hydrogens is 194 g/mol. The standard InChI is InChI=1S/C11H19NO3/c1-14-3-2-11(13)8-4-9-6-15-7-10(5-8)12-9/h8-10,12H,2-7H2,1H3. The molecule has 2 unspecified atom stereocenters. The van der Waals surface area contributed by atoms with Gasteiger partial charge in [0.25, 0.3) is 0 Å². The van der Waals surface area contributed by atoms with Crippen molar-refractivity contribution in [1.29, 1.82) is 0 Å². The van der Waals surface area contributed by atoms with Crippen LogP contribution in [0.5, 0.6) is 0 Å². The predicted octanol–water partition coefficient (Wildman–Crippen LogP) is 0.359. The molecule has 0 radical (unpaired) electrons. The molecule has 2 rings (SSSR count). The van der Waals surface area contributed by atoms with E-state index < -0.39 is 0 Å². The summed E-state index contributed by atoms with van der Waals surface area (Å²) in [5, 5.41) is 3.49. The van der Waals surface area contributed by atoms with Crippen LogP contribution >= 0.6 is 0 Å². The molecule has 15 heavy (non-hydrogen) atoms. The first kappa shape index (κ1) is 11.0. The van der Waals surface area contributed by atoms with Gasteiger partial charge in [-0.2, -0.15) is 0 Å². The zero-order valence-electron chi connectivity index (χ0n) is 9.20. The van der Waals surface area contributed by atoms with Gasteiger partial charge in [0.15, 0.2) is 0 Å². The Bertz CT molecular complexity index is 220. The molecule has 2 atom stereocenters. The molecule has 4 heteroatoms. The van der Waals surface area contributed by atoms with E-state index in [0.717, 1.165) is 26.1 Å². The number of morpholine rings is 1. The highest BCUT2D eigenvalue weighted by Gasteiger charge is 2.34. The number of piperidine rings is 1. The van der Waals surface area contributed by atoms with Crippen LogP contribution in [0.2, 0.25) is 0 Å². The van der Waals surface area contributed by atoms with Crippen LogP contribution in [-0.4, -0.2) is 44.8 Å². The molecule has 1 N–H and O–H groups in total. The van der Waals surface area contributed by atoms with Crippen LogP contribution in [0.25, 0.3) is 0 Å². The number of carbonyl (C=O) groups is 1. The van der Waals surface area contributed by atoms with Crippen LogP contribution in [-0.2, 0) is 14.3 Å². The summed E-state index contributed by atoms with van der Waals surface area (Å²) < 4.78 is 10.4. The van der Waals surface area contributed by atoms with E-state index in [1.807, 2.05) is 0 Å². The van der Waals surface area contributed by atoms with Gasteiger partial charge in [-0.15, -0.1) is 0 Å². The number of hydrogen-bond acceptors (Lipinski definition) is 4. The summed E-state index contributed by atoms with van der Waals surface area (Å²) in [4.78, 5) is 11.8. The second-order valence-electron chi connectivity index (χ2n) is 4.48. The molecule has 0 amide bonds. The SMILES string of the molecule is COCCC(=O)C1CC2COCC(C1)N2. The lowest BCUT2D eigenvalue weighted by atomic mass is 9.83. The molecule has 2 bridgehead atoms. The number of carbonyl (C=O) groups excluding carboxylic acids is 1. The fourth-order valence-corrected chi connectivity index (χ4v) is 2.51. The van der Waals surface area contributed by atoms with Crippen LogP contribution < -0.4 is 5.32 Å². The van der Waals surface area contributed by atoms with Crippen LogP contribution in [0.4, 0.5) is 0 Å². The quantitative estimate of drug-likeness (QED) is 0.732. The molecule has 2 aliphatic heterocycles.